The molecule has 4 heteroatoms. The number of anilines is 2. The first-order valence-corrected chi connectivity index (χ1v) is 5.51. The molecule has 0 aliphatic rings. The monoisotopic (exact) mass is 244 g/mol. The van der Waals surface area contributed by atoms with Gasteiger partial charge in [0, 0.05) is 16.9 Å². The minimum atomic E-state index is -1.03. The summed E-state index contributed by atoms with van der Waals surface area (Å²) in [5, 5.41) is 2.53. The Labute approximate surface area is 104 Å². The Balaban J connectivity index is 2.38. The molecule has 0 saturated carbocycles. The molecule has 0 bridgehead atoms. The number of nitrogens with two attached hydrogens (primary N) is 1. The summed E-state index contributed by atoms with van der Waals surface area (Å²) < 4.78 is 12.2. The predicted molar refractivity (Wildman–Crippen MR) is 70.9 cm³/mol. The number of hydrogen-bond acceptors (Lipinski definition) is 2. The van der Waals surface area contributed by atoms with Crippen LogP contribution in [-0.2, 0) is 4.79 Å². The molecule has 0 spiro atoms. The molecule has 2 aromatic rings. The summed E-state index contributed by atoms with van der Waals surface area (Å²) in [6.07, 6.45) is 0. The highest BCUT2D eigenvalue weighted by Crippen LogP contribution is 2.28. The van der Waals surface area contributed by atoms with Crippen LogP contribution in [0.5, 0.6) is 0 Å². The number of hydrogen-bond donors (Lipinski definition) is 2. The topological polar surface area (TPSA) is 55.1 Å². The molecule has 0 atom stereocenters. The smallest absolute Gasteiger partial charge is 0.255 e. The van der Waals surface area contributed by atoms with E-state index in [1.807, 2.05) is 24.3 Å². The van der Waals surface area contributed by atoms with Crippen LogP contribution < -0.4 is 11.1 Å². The van der Waals surface area contributed by atoms with Gasteiger partial charge < -0.3 is 11.1 Å². The van der Waals surface area contributed by atoms with E-state index in [2.05, 4.69) is 5.32 Å². The fourth-order valence-corrected chi connectivity index (χ4v) is 1.69. The van der Waals surface area contributed by atoms with Crippen LogP contribution in [0.15, 0.2) is 48.5 Å². The lowest BCUT2D eigenvalue weighted by Gasteiger charge is -2.10. The lowest BCUT2D eigenvalue weighted by molar-refractivity contribution is -0.117. The van der Waals surface area contributed by atoms with Gasteiger partial charge in [-0.2, -0.15) is 0 Å². The first kappa shape index (κ1) is 12.1. The van der Waals surface area contributed by atoms with Crippen LogP contribution in [-0.4, -0.2) is 12.6 Å². The first-order valence-electron chi connectivity index (χ1n) is 5.51. The van der Waals surface area contributed by atoms with Crippen molar-refractivity contribution in [3.8, 4) is 11.1 Å². The predicted octanol–water partition coefficient (Wildman–Crippen LogP) is 2.84. The van der Waals surface area contributed by atoms with Gasteiger partial charge >= 0.3 is 0 Å². The molecule has 0 unspecified atom stereocenters. The molecule has 3 nitrogen and oxygen atoms in total. The Morgan fingerprint density at radius 2 is 1.78 bits per heavy atom. The highest BCUT2D eigenvalue weighted by atomic mass is 19.1. The molecule has 18 heavy (non-hydrogen) atoms. The van der Waals surface area contributed by atoms with Gasteiger partial charge in [-0.25, -0.2) is 4.39 Å². The van der Waals surface area contributed by atoms with E-state index in [1.165, 1.54) is 0 Å². The van der Waals surface area contributed by atoms with Crippen LogP contribution in [0, 0.1) is 0 Å². The molecule has 1 amide bonds. The molecule has 0 fully saturated rings. The number of nitrogens with one attached hydrogen (secondary N) is 1. The van der Waals surface area contributed by atoms with E-state index in [-0.39, 0.29) is 0 Å². The normalized spacial score (nSPS) is 10.1. The Bertz CT molecular complexity index is 552. The zero-order valence-electron chi connectivity index (χ0n) is 9.69. The lowest BCUT2D eigenvalue weighted by atomic mass is 10.0. The molecule has 0 aliphatic carbocycles. The number of benzene rings is 2. The Hall–Kier alpha value is -2.36. The fourth-order valence-electron chi connectivity index (χ4n) is 1.69. The van der Waals surface area contributed by atoms with Crippen LogP contribution in [0.1, 0.15) is 0 Å². The number of nitrogen functional groups attached to an aromatic ring is 1. The van der Waals surface area contributed by atoms with Crippen LogP contribution in [0.25, 0.3) is 11.1 Å². The zero-order valence-corrected chi connectivity index (χ0v) is 9.69. The van der Waals surface area contributed by atoms with Crippen LogP contribution in [0.3, 0.4) is 0 Å². The van der Waals surface area contributed by atoms with Gasteiger partial charge in [-0.15, -0.1) is 0 Å². The minimum absolute atomic E-state index is 0.588. The molecule has 2 rings (SSSR count). The largest absolute Gasteiger partial charge is 0.399 e. The third-order valence-corrected chi connectivity index (χ3v) is 2.54. The molecular weight excluding hydrogens is 231 g/mol. The maximum atomic E-state index is 12.2. The second-order valence-electron chi connectivity index (χ2n) is 3.85. The third-order valence-electron chi connectivity index (χ3n) is 2.54. The number of halogens is 1. The van der Waals surface area contributed by atoms with Gasteiger partial charge in [0.2, 0.25) is 0 Å². The van der Waals surface area contributed by atoms with E-state index in [0.717, 1.165) is 11.1 Å². The van der Waals surface area contributed by atoms with Crippen molar-refractivity contribution < 1.29 is 9.18 Å². The summed E-state index contributed by atoms with van der Waals surface area (Å²) in [5.74, 6) is -0.655. The van der Waals surface area contributed by atoms with Crippen molar-refractivity contribution in [1.82, 2.24) is 0 Å². The maximum Gasteiger partial charge on any atom is 0.255 e. The summed E-state index contributed by atoms with van der Waals surface area (Å²) in [6, 6.07) is 14.5. The third kappa shape index (κ3) is 2.66. The van der Waals surface area contributed by atoms with E-state index in [1.54, 1.807) is 24.3 Å². The van der Waals surface area contributed by atoms with Crippen molar-refractivity contribution in [2.24, 2.45) is 0 Å². The fraction of sp³-hybridized carbons (Fsp3) is 0.0714. The average Bonchev–Trinajstić information content (AvgIpc) is 2.40. The van der Waals surface area contributed by atoms with Gasteiger partial charge in [-0.3, -0.25) is 4.79 Å². The molecule has 92 valence electrons. The molecular formula is C14H13FN2O. The minimum Gasteiger partial charge on any atom is -0.399 e. The van der Waals surface area contributed by atoms with E-state index in [9.17, 15) is 9.18 Å². The Kier molecular flexibility index (Phi) is 3.57. The molecule has 0 saturated heterocycles. The number of carbonyl (C=O) groups is 1. The van der Waals surface area contributed by atoms with Crippen molar-refractivity contribution in [2.45, 2.75) is 0 Å². The van der Waals surface area contributed by atoms with Gasteiger partial charge in [0.25, 0.3) is 5.91 Å². The van der Waals surface area contributed by atoms with E-state index in [4.69, 9.17) is 5.73 Å². The van der Waals surface area contributed by atoms with Crippen LogP contribution in [0.2, 0.25) is 0 Å². The summed E-state index contributed by atoms with van der Waals surface area (Å²) in [4.78, 5) is 11.1. The van der Waals surface area contributed by atoms with Crippen molar-refractivity contribution >= 4 is 17.3 Å². The van der Waals surface area contributed by atoms with Crippen molar-refractivity contribution in [2.75, 3.05) is 17.7 Å². The van der Waals surface area contributed by atoms with Crippen LogP contribution >= 0.6 is 0 Å². The molecule has 0 radical (unpaired) electrons. The Morgan fingerprint density at radius 3 is 2.44 bits per heavy atom. The maximum absolute atomic E-state index is 12.2. The average molecular weight is 244 g/mol. The van der Waals surface area contributed by atoms with E-state index in [0.29, 0.717) is 11.4 Å². The second kappa shape index (κ2) is 5.31. The van der Waals surface area contributed by atoms with Gasteiger partial charge in [-0.1, -0.05) is 30.3 Å². The summed E-state index contributed by atoms with van der Waals surface area (Å²) in [6.45, 7) is -1.03. The van der Waals surface area contributed by atoms with E-state index >= 15 is 0 Å². The molecule has 3 N–H and O–H groups in total. The highest BCUT2D eigenvalue weighted by Gasteiger charge is 2.07. The van der Waals surface area contributed by atoms with Crippen molar-refractivity contribution in [3.63, 3.8) is 0 Å². The molecule has 0 aromatic heterocycles. The summed E-state index contributed by atoms with van der Waals surface area (Å²) >= 11 is 0. The second-order valence-corrected chi connectivity index (χ2v) is 3.85. The Morgan fingerprint density at radius 1 is 1.11 bits per heavy atom. The SMILES string of the molecule is Nc1ccc(-c2ccccc2NC(=O)CF)cc1. The van der Waals surface area contributed by atoms with Gasteiger partial charge in [0.05, 0.1) is 0 Å². The molecule has 0 aliphatic heterocycles. The van der Waals surface area contributed by atoms with Gasteiger partial charge in [-0.05, 0) is 23.8 Å². The lowest BCUT2D eigenvalue weighted by Crippen LogP contribution is -2.13. The first-order chi connectivity index (χ1) is 8.70. The van der Waals surface area contributed by atoms with Crippen molar-refractivity contribution in [3.05, 3.63) is 48.5 Å². The van der Waals surface area contributed by atoms with Gasteiger partial charge in [0.1, 0.15) is 0 Å². The number of rotatable bonds is 3. The number of para-hydroxylation sites is 1. The quantitative estimate of drug-likeness (QED) is 0.816. The number of alkyl halides is 1. The van der Waals surface area contributed by atoms with Crippen molar-refractivity contribution in [1.29, 1.82) is 0 Å². The molecule has 0 heterocycles. The van der Waals surface area contributed by atoms with E-state index < -0.39 is 12.6 Å². The van der Waals surface area contributed by atoms with Crippen LogP contribution in [0.4, 0.5) is 15.8 Å². The number of amides is 1. The summed E-state index contributed by atoms with van der Waals surface area (Å²) in [7, 11) is 0. The number of carbonyl (C=O) groups excluding carboxylic acids is 1. The summed E-state index contributed by atoms with van der Waals surface area (Å²) in [5.41, 5.74) is 8.63. The van der Waals surface area contributed by atoms with Gasteiger partial charge in [0.15, 0.2) is 6.67 Å². The zero-order chi connectivity index (χ0) is 13.0. The molecule has 2 aromatic carbocycles. The standard InChI is InChI=1S/C14H13FN2O/c15-9-14(18)17-13-4-2-1-3-12(13)10-5-7-11(16)8-6-10/h1-8H,9,16H2,(H,17,18). The highest BCUT2D eigenvalue weighted by molar-refractivity contribution is 5.96.